The molecule has 1 unspecified atom stereocenters. The molecule has 1 heterocycles. The number of nitrogens with zero attached hydrogens (tertiary/aromatic N) is 2. The predicted octanol–water partition coefficient (Wildman–Crippen LogP) is 3.59. The minimum atomic E-state index is -4.55. The van der Waals surface area contributed by atoms with Gasteiger partial charge in [-0.3, -0.25) is 9.69 Å². The number of hydrogen-bond acceptors (Lipinski definition) is 4. The minimum Gasteiger partial charge on any atom is -0.444 e. The Morgan fingerprint density at radius 2 is 1.64 bits per heavy atom. The molecule has 0 radical (unpaired) electrons. The lowest BCUT2D eigenvalue weighted by molar-refractivity contribution is -0.137. The molecule has 1 aromatic rings. The van der Waals surface area contributed by atoms with Crippen LogP contribution in [0.15, 0.2) is 24.3 Å². The average Bonchev–Trinajstić information content (AvgIpc) is 2.59. The molecule has 1 saturated heterocycles. The SMILES string of the molecule is CC(C(=O)Nc1ccccc1C(F)(F)F)N1CCN(C(=O)OC(C)(C)C)CC1. The standard InChI is InChI=1S/C19H26F3N3O3/c1-13(16(26)23-15-8-6-5-7-14(15)19(20,21)22)24-9-11-25(12-10-24)17(27)28-18(2,3)4/h5-8,13H,9-12H2,1-4H3,(H,23,26). The highest BCUT2D eigenvalue weighted by Crippen LogP contribution is 2.34. The van der Waals surface area contributed by atoms with Crippen LogP contribution in [0.25, 0.3) is 0 Å². The van der Waals surface area contributed by atoms with Crippen molar-refractivity contribution >= 4 is 17.7 Å². The molecule has 0 aliphatic carbocycles. The van der Waals surface area contributed by atoms with Gasteiger partial charge in [0, 0.05) is 26.2 Å². The summed E-state index contributed by atoms with van der Waals surface area (Å²) < 4.78 is 44.6. The summed E-state index contributed by atoms with van der Waals surface area (Å²) >= 11 is 0. The number of alkyl halides is 3. The Balaban J connectivity index is 1.95. The van der Waals surface area contributed by atoms with Gasteiger partial charge in [-0.25, -0.2) is 4.79 Å². The molecular weight excluding hydrogens is 375 g/mol. The van der Waals surface area contributed by atoms with Gasteiger partial charge in [-0.05, 0) is 39.8 Å². The van der Waals surface area contributed by atoms with E-state index in [1.54, 1.807) is 32.6 Å². The van der Waals surface area contributed by atoms with E-state index < -0.39 is 35.4 Å². The molecule has 1 aliphatic rings. The van der Waals surface area contributed by atoms with Crippen molar-refractivity contribution in [3.8, 4) is 0 Å². The first-order valence-electron chi connectivity index (χ1n) is 9.07. The normalized spacial score (nSPS) is 17.2. The lowest BCUT2D eigenvalue weighted by atomic mass is 10.1. The Kier molecular flexibility index (Phi) is 6.59. The van der Waals surface area contributed by atoms with Gasteiger partial charge in [0.25, 0.3) is 0 Å². The summed E-state index contributed by atoms with van der Waals surface area (Å²) in [4.78, 5) is 28.0. The molecule has 9 heteroatoms. The molecule has 0 aromatic heterocycles. The summed E-state index contributed by atoms with van der Waals surface area (Å²) in [5.74, 6) is -0.526. The summed E-state index contributed by atoms with van der Waals surface area (Å²) in [6, 6.07) is 4.24. The Hall–Kier alpha value is -2.29. The van der Waals surface area contributed by atoms with Crippen LogP contribution in [0.3, 0.4) is 0 Å². The molecule has 6 nitrogen and oxygen atoms in total. The van der Waals surface area contributed by atoms with Crippen molar-refractivity contribution in [2.24, 2.45) is 0 Å². The third-order valence-electron chi connectivity index (χ3n) is 4.38. The second kappa shape index (κ2) is 8.38. The van der Waals surface area contributed by atoms with E-state index in [4.69, 9.17) is 4.74 Å². The molecule has 1 atom stereocenters. The van der Waals surface area contributed by atoms with Crippen molar-refractivity contribution in [3.05, 3.63) is 29.8 Å². The van der Waals surface area contributed by atoms with Gasteiger partial charge < -0.3 is 15.0 Å². The molecule has 156 valence electrons. The maximum Gasteiger partial charge on any atom is 0.418 e. The molecule has 2 rings (SSSR count). The lowest BCUT2D eigenvalue weighted by Gasteiger charge is -2.37. The molecular formula is C19H26F3N3O3. The van der Waals surface area contributed by atoms with Crippen LogP contribution in [-0.2, 0) is 15.7 Å². The highest BCUT2D eigenvalue weighted by molar-refractivity contribution is 5.95. The van der Waals surface area contributed by atoms with Crippen LogP contribution in [0.5, 0.6) is 0 Å². The smallest absolute Gasteiger partial charge is 0.418 e. The number of ether oxygens (including phenoxy) is 1. The summed E-state index contributed by atoms with van der Waals surface area (Å²) in [6.07, 6.45) is -4.96. The first-order valence-corrected chi connectivity index (χ1v) is 9.07. The van der Waals surface area contributed by atoms with E-state index in [-0.39, 0.29) is 5.69 Å². The fraction of sp³-hybridized carbons (Fsp3) is 0.579. The van der Waals surface area contributed by atoms with Gasteiger partial charge in [0.15, 0.2) is 0 Å². The number of carbonyl (C=O) groups is 2. The Morgan fingerprint density at radius 1 is 1.07 bits per heavy atom. The Morgan fingerprint density at radius 3 is 2.18 bits per heavy atom. The molecule has 1 aliphatic heterocycles. The van der Waals surface area contributed by atoms with Gasteiger partial charge in [-0.2, -0.15) is 13.2 Å². The van der Waals surface area contributed by atoms with Crippen molar-refractivity contribution in [2.75, 3.05) is 31.5 Å². The van der Waals surface area contributed by atoms with Crippen LogP contribution in [0.1, 0.15) is 33.3 Å². The van der Waals surface area contributed by atoms with Crippen LogP contribution in [-0.4, -0.2) is 59.6 Å². The topological polar surface area (TPSA) is 61.9 Å². The molecule has 28 heavy (non-hydrogen) atoms. The van der Waals surface area contributed by atoms with Gasteiger partial charge in [-0.15, -0.1) is 0 Å². The van der Waals surface area contributed by atoms with E-state index in [2.05, 4.69) is 5.32 Å². The highest BCUT2D eigenvalue weighted by atomic mass is 19.4. The van der Waals surface area contributed by atoms with Gasteiger partial charge in [0.2, 0.25) is 5.91 Å². The van der Waals surface area contributed by atoms with Crippen LogP contribution >= 0.6 is 0 Å². The molecule has 1 fully saturated rings. The van der Waals surface area contributed by atoms with E-state index >= 15 is 0 Å². The van der Waals surface area contributed by atoms with Crippen LogP contribution < -0.4 is 5.32 Å². The van der Waals surface area contributed by atoms with Crippen molar-refractivity contribution in [1.82, 2.24) is 9.80 Å². The Labute approximate surface area is 162 Å². The first kappa shape index (κ1) is 22.0. The number of halogens is 3. The molecule has 2 amide bonds. The van der Waals surface area contributed by atoms with Crippen molar-refractivity contribution < 1.29 is 27.5 Å². The monoisotopic (exact) mass is 401 g/mol. The maximum absolute atomic E-state index is 13.1. The van der Waals surface area contributed by atoms with E-state index in [1.807, 2.05) is 4.90 Å². The zero-order valence-electron chi connectivity index (χ0n) is 16.5. The lowest BCUT2D eigenvalue weighted by Crippen LogP contribution is -2.54. The molecule has 0 bridgehead atoms. The van der Waals surface area contributed by atoms with Gasteiger partial charge in [0.1, 0.15) is 5.60 Å². The van der Waals surface area contributed by atoms with Crippen LogP contribution in [0, 0.1) is 0 Å². The quantitative estimate of drug-likeness (QED) is 0.841. The molecule has 1 N–H and O–H groups in total. The maximum atomic E-state index is 13.1. The highest BCUT2D eigenvalue weighted by Gasteiger charge is 2.35. The number of anilines is 1. The number of carbonyl (C=O) groups excluding carboxylic acids is 2. The number of para-hydroxylation sites is 1. The zero-order chi connectivity index (χ0) is 21.1. The summed E-state index contributed by atoms with van der Waals surface area (Å²) in [5.41, 5.74) is -1.74. The van der Waals surface area contributed by atoms with E-state index in [0.29, 0.717) is 26.2 Å². The van der Waals surface area contributed by atoms with Crippen molar-refractivity contribution in [1.29, 1.82) is 0 Å². The largest absolute Gasteiger partial charge is 0.444 e. The molecule has 0 spiro atoms. The molecule has 0 saturated carbocycles. The fourth-order valence-electron chi connectivity index (χ4n) is 2.86. The number of nitrogens with one attached hydrogen (secondary N) is 1. The van der Waals surface area contributed by atoms with Gasteiger partial charge >= 0.3 is 12.3 Å². The number of piperazine rings is 1. The van der Waals surface area contributed by atoms with Crippen molar-refractivity contribution in [2.45, 2.75) is 45.5 Å². The predicted molar refractivity (Wildman–Crippen MR) is 98.9 cm³/mol. The Bertz CT molecular complexity index is 708. The number of amides is 2. The van der Waals surface area contributed by atoms with Crippen LogP contribution in [0.2, 0.25) is 0 Å². The first-order chi connectivity index (χ1) is 12.9. The second-order valence-electron chi connectivity index (χ2n) is 7.71. The van der Waals surface area contributed by atoms with E-state index in [9.17, 15) is 22.8 Å². The van der Waals surface area contributed by atoms with Crippen LogP contribution in [0.4, 0.5) is 23.7 Å². The van der Waals surface area contributed by atoms with E-state index in [1.165, 1.54) is 18.2 Å². The third-order valence-corrected chi connectivity index (χ3v) is 4.38. The number of rotatable bonds is 3. The summed E-state index contributed by atoms with van der Waals surface area (Å²) in [6.45, 7) is 8.60. The zero-order valence-corrected chi connectivity index (χ0v) is 16.5. The minimum absolute atomic E-state index is 0.265. The fourth-order valence-corrected chi connectivity index (χ4v) is 2.86. The van der Waals surface area contributed by atoms with E-state index in [0.717, 1.165) is 6.07 Å². The number of benzene rings is 1. The second-order valence-corrected chi connectivity index (χ2v) is 7.71. The van der Waals surface area contributed by atoms with Crippen molar-refractivity contribution in [3.63, 3.8) is 0 Å². The third kappa shape index (κ3) is 5.85. The number of hydrogen-bond donors (Lipinski definition) is 1. The summed E-state index contributed by atoms with van der Waals surface area (Å²) in [5, 5.41) is 2.37. The van der Waals surface area contributed by atoms with Gasteiger partial charge in [-0.1, -0.05) is 12.1 Å². The van der Waals surface area contributed by atoms with Gasteiger partial charge in [0.05, 0.1) is 17.3 Å². The summed E-state index contributed by atoms with van der Waals surface area (Å²) in [7, 11) is 0. The average molecular weight is 401 g/mol. The molecule has 1 aromatic carbocycles.